The summed E-state index contributed by atoms with van der Waals surface area (Å²) in [6.07, 6.45) is 2.09. The van der Waals surface area contributed by atoms with Crippen LogP contribution in [-0.2, 0) is 4.74 Å². The first-order valence-electron chi connectivity index (χ1n) is 5.22. The van der Waals surface area contributed by atoms with Crippen molar-refractivity contribution in [2.24, 2.45) is 11.3 Å². The maximum atomic E-state index is 13.6. The molecule has 1 spiro atoms. The van der Waals surface area contributed by atoms with Gasteiger partial charge in [-0.1, -0.05) is 0 Å². The van der Waals surface area contributed by atoms with E-state index in [0.29, 0.717) is 12.8 Å². The molecule has 14 heavy (non-hydrogen) atoms. The third kappa shape index (κ3) is 1.27. The molecule has 1 saturated heterocycles. The number of methoxy groups -OCH3 is 1. The average Bonchev–Trinajstić information content (AvgIpc) is 2.72. The van der Waals surface area contributed by atoms with Gasteiger partial charge in [0.2, 0.25) is 0 Å². The van der Waals surface area contributed by atoms with Crippen LogP contribution in [0.4, 0.5) is 8.78 Å². The van der Waals surface area contributed by atoms with Crippen molar-refractivity contribution in [2.45, 2.75) is 25.2 Å². The first kappa shape index (κ1) is 10.3. The van der Waals surface area contributed by atoms with E-state index in [9.17, 15) is 8.78 Å². The number of hydrogen-bond acceptors (Lipinski definition) is 2. The molecule has 1 aliphatic heterocycles. The fourth-order valence-electron chi connectivity index (χ4n) is 2.79. The largest absolute Gasteiger partial charge is 0.384 e. The van der Waals surface area contributed by atoms with Gasteiger partial charge >= 0.3 is 0 Å². The Hall–Kier alpha value is -0.220. The molecule has 1 saturated carbocycles. The molecule has 2 atom stereocenters. The Morgan fingerprint density at radius 2 is 2.14 bits per heavy atom. The molecule has 1 heterocycles. The van der Waals surface area contributed by atoms with Crippen LogP contribution in [0, 0.1) is 11.3 Å². The van der Waals surface area contributed by atoms with Gasteiger partial charge in [0, 0.05) is 12.5 Å². The molecule has 0 aromatic rings. The van der Waals surface area contributed by atoms with Crippen LogP contribution in [0.25, 0.3) is 0 Å². The lowest BCUT2D eigenvalue weighted by Gasteiger charge is -2.12. The third-order valence-corrected chi connectivity index (χ3v) is 3.74. The van der Waals surface area contributed by atoms with Gasteiger partial charge in [0.1, 0.15) is 0 Å². The highest BCUT2D eigenvalue weighted by molar-refractivity contribution is 5.18. The molecular formula is C10H17F2NO. The molecule has 1 N–H and O–H groups in total. The molecule has 0 aromatic heterocycles. The summed E-state index contributed by atoms with van der Waals surface area (Å²) in [5.41, 5.74) is -0.744. The number of hydrogen-bond donors (Lipinski definition) is 1. The van der Waals surface area contributed by atoms with E-state index in [4.69, 9.17) is 4.74 Å². The summed E-state index contributed by atoms with van der Waals surface area (Å²) >= 11 is 0. The second-order valence-corrected chi connectivity index (χ2v) is 4.39. The summed E-state index contributed by atoms with van der Waals surface area (Å²) in [6, 6.07) is 0. The molecule has 2 aliphatic rings. The molecule has 4 heteroatoms. The Bertz CT molecular complexity index is 212. The van der Waals surface area contributed by atoms with Crippen LogP contribution in [0.5, 0.6) is 0 Å². The van der Waals surface area contributed by atoms with E-state index in [-0.39, 0.29) is 6.61 Å². The van der Waals surface area contributed by atoms with Crippen molar-refractivity contribution >= 4 is 0 Å². The highest BCUT2D eigenvalue weighted by Crippen LogP contribution is 2.70. The molecule has 2 unspecified atom stereocenters. The molecule has 2 rings (SSSR count). The van der Waals surface area contributed by atoms with Crippen LogP contribution >= 0.6 is 0 Å². The summed E-state index contributed by atoms with van der Waals surface area (Å²) in [4.78, 5) is 0. The predicted octanol–water partition coefficient (Wildman–Crippen LogP) is 1.66. The van der Waals surface area contributed by atoms with Crippen molar-refractivity contribution < 1.29 is 13.5 Å². The summed E-state index contributed by atoms with van der Waals surface area (Å²) in [6.45, 7) is 1.79. The van der Waals surface area contributed by atoms with Crippen molar-refractivity contribution in [1.82, 2.24) is 5.32 Å². The molecule has 1 aliphatic carbocycles. The van der Waals surface area contributed by atoms with E-state index in [1.54, 1.807) is 0 Å². The zero-order valence-corrected chi connectivity index (χ0v) is 8.48. The highest BCUT2D eigenvalue weighted by atomic mass is 19.3. The normalized spacial score (nSPS) is 40.9. The minimum absolute atomic E-state index is 0.201. The van der Waals surface area contributed by atoms with Crippen LogP contribution in [0.3, 0.4) is 0 Å². The topological polar surface area (TPSA) is 21.3 Å². The standard InChI is InChI=1S/C10H17F2NO/c1-14-7-8-9(10(8,11)12)3-2-5-13-6-4-9/h8,13H,2-7H2,1H3. The van der Waals surface area contributed by atoms with Crippen molar-refractivity contribution in [1.29, 1.82) is 0 Å². The molecule has 2 nitrogen and oxygen atoms in total. The molecule has 0 aromatic carbocycles. The lowest BCUT2D eigenvalue weighted by molar-refractivity contribution is 0.0445. The number of rotatable bonds is 2. The first-order chi connectivity index (χ1) is 6.65. The molecule has 0 radical (unpaired) electrons. The molecular weight excluding hydrogens is 188 g/mol. The average molecular weight is 205 g/mol. The van der Waals surface area contributed by atoms with Gasteiger partial charge in [0.25, 0.3) is 5.92 Å². The van der Waals surface area contributed by atoms with Crippen molar-refractivity contribution in [3.05, 3.63) is 0 Å². The van der Waals surface area contributed by atoms with Gasteiger partial charge < -0.3 is 10.1 Å². The van der Waals surface area contributed by atoms with Crippen LogP contribution < -0.4 is 5.32 Å². The lowest BCUT2D eigenvalue weighted by atomic mass is 9.94. The highest BCUT2D eigenvalue weighted by Gasteiger charge is 2.78. The van der Waals surface area contributed by atoms with E-state index >= 15 is 0 Å². The molecule has 82 valence electrons. The second-order valence-electron chi connectivity index (χ2n) is 4.39. The van der Waals surface area contributed by atoms with E-state index in [0.717, 1.165) is 19.5 Å². The van der Waals surface area contributed by atoms with Gasteiger partial charge in [-0.3, -0.25) is 0 Å². The smallest absolute Gasteiger partial charge is 0.259 e. The van der Waals surface area contributed by atoms with E-state index in [1.807, 2.05) is 0 Å². The van der Waals surface area contributed by atoms with Crippen molar-refractivity contribution in [2.75, 3.05) is 26.8 Å². The summed E-state index contributed by atoms with van der Waals surface area (Å²) in [5, 5.41) is 3.17. The van der Waals surface area contributed by atoms with Gasteiger partial charge in [-0.2, -0.15) is 0 Å². The minimum atomic E-state index is -2.49. The van der Waals surface area contributed by atoms with Crippen LogP contribution in [0.15, 0.2) is 0 Å². The molecule has 0 bridgehead atoms. The quantitative estimate of drug-likeness (QED) is 0.740. The fraction of sp³-hybridized carbons (Fsp3) is 1.00. The monoisotopic (exact) mass is 205 g/mol. The summed E-state index contributed by atoms with van der Waals surface area (Å²) < 4.78 is 32.1. The summed E-state index contributed by atoms with van der Waals surface area (Å²) in [7, 11) is 1.50. The Kier molecular flexibility index (Phi) is 2.52. The minimum Gasteiger partial charge on any atom is -0.384 e. The van der Waals surface area contributed by atoms with E-state index < -0.39 is 17.3 Å². The van der Waals surface area contributed by atoms with Crippen LogP contribution in [-0.4, -0.2) is 32.7 Å². The van der Waals surface area contributed by atoms with Crippen LogP contribution in [0.1, 0.15) is 19.3 Å². The second kappa shape index (κ2) is 3.42. The van der Waals surface area contributed by atoms with Gasteiger partial charge in [-0.05, 0) is 32.4 Å². The number of alkyl halides is 2. The predicted molar refractivity (Wildman–Crippen MR) is 49.5 cm³/mol. The zero-order valence-electron chi connectivity index (χ0n) is 8.48. The van der Waals surface area contributed by atoms with Crippen molar-refractivity contribution in [3.8, 4) is 0 Å². The Morgan fingerprint density at radius 1 is 1.36 bits per heavy atom. The summed E-state index contributed by atoms with van der Waals surface area (Å²) in [5.74, 6) is -3.03. The van der Waals surface area contributed by atoms with Crippen LogP contribution in [0.2, 0.25) is 0 Å². The number of ether oxygens (including phenoxy) is 1. The Morgan fingerprint density at radius 3 is 2.86 bits per heavy atom. The van der Waals surface area contributed by atoms with E-state index in [2.05, 4.69) is 5.32 Å². The third-order valence-electron chi connectivity index (χ3n) is 3.74. The SMILES string of the molecule is COCC1C(F)(F)C12CCCNCC2. The van der Waals surface area contributed by atoms with Gasteiger partial charge in [-0.25, -0.2) is 8.78 Å². The van der Waals surface area contributed by atoms with Gasteiger partial charge in [0.15, 0.2) is 0 Å². The molecule has 2 fully saturated rings. The fourth-order valence-corrected chi connectivity index (χ4v) is 2.79. The maximum absolute atomic E-state index is 13.6. The van der Waals surface area contributed by atoms with Gasteiger partial charge in [-0.15, -0.1) is 0 Å². The first-order valence-corrected chi connectivity index (χ1v) is 5.22. The number of halogens is 2. The Labute approximate surface area is 83.0 Å². The molecule has 0 amide bonds. The maximum Gasteiger partial charge on any atom is 0.259 e. The van der Waals surface area contributed by atoms with Crippen molar-refractivity contribution in [3.63, 3.8) is 0 Å². The zero-order chi connectivity index (χ0) is 10.2. The van der Waals surface area contributed by atoms with Gasteiger partial charge in [0.05, 0.1) is 12.5 Å². The lowest BCUT2D eigenvalue weighted by Crippen LogP contribution is -2.16. The Balaban J connectivity index is 2.07. The van der Waals surface area contributed by atoms with E-state index in [1.165, 1.54) is 7.11 Å². The number of nitrogens with one attached hydrogen (secondary N) is 1.